The molecule has 120 valence electrons. The first-order valence-corrected chi connectivity index (χ1v) is 7.58. The summed E-state index contributed by atoms with van der Waals surface area (Å²) in [5, 5.41) is 11.6. The van der Waals surface area contributed by atoms with E-state index in [1.807, 2.05) is 0 Å². The Morgan fingerprint density at radius 2 is 1.90 bits per heavy atom. The molecule has 0 unspecified atom stereocenters. The fourth-order valence-electron chi connectivity index (χ4n) is 2.87. The highest BCUT2D eigenvalue weighted by atomic mass is 16.5. The summed E-state index contributed by atoms with van der Waals surface area (Å²) in [5.74, 6) is -0.937. The van der Waals surface area contributed by atoms with E-state index in [0.717, 1.165) is 26.2 Å². The average Bonchev–Trinajstić information content (AvgIpc) is 2.87. The Kier molecular flexibility index (Phi) is 5.96. The van der Waals surface area contributed by atoms with Crippen LogP contribution in [0.5, 0.6) is 0 Å². The molecule has 0 radical (unpaired) electrons. The van der Waals surface area contributed by atoms with Gasteiger partial charge in [0.1, 0.15) is 0 Å². The summed E-state index contributed by atoms with van der Waals surface area (Å²) >= 11 is 0. The maximum atomic E-state index is 11.9. The minimum atomic E-state index is -0.859. The molecule has 2 aliphatic heterocycles. The second-order valence-corrected chi connectivity index (χ2v) is 5.87. The molecule has 2 aliphatic rings. The standard InChI is InChI=1S/C14H25N3O4/c1-16-5-7-17(8-6-16)12-10-21-9-11(12)15-13(18)3-2-4-14(19)20/h11-12H,2-10H2,1H3,(H,15,18)(H,19,20)/t11-,12-/m0/s1. The first-order valence-electron chi connectivity index (χ1n) is 7.58. The van der Waals surface area contributed by atoms with Crippen molar-refractivity contribution in [1.82, 2.24) is 15.1 Å². The number of carboxylic acids is 1. The molecule has 2 N–H and O–H groups in total. The van der Waals surface area contributed by atoms with Crippen molar-refractivity contribution in [1.29, 1.82) is 0 Å². The van der Waals surface area contributed by atoms with Gasteiger partial charge in [0.15, 0.2) is 0 Å². The third-order valence-electron chi connectivity index (χ3n) is 4.20. The van der Waals surface area contributed by atoms with E-state index in [0.29, 0.717) is 19.6 Å². The van der Waals surface area contributed by atoms with Crippen LogP contribution in [0.15, 0.2) is 0 Å². The molecular weight excluding hydrogens is 274 g/mol. The molecule has 0 aromatic rings. The molecule has 0 spiro atoms. The third-order valence-corrected chi connectivity index (χ3v) is 4.20. The number of carbonyl (C=O) groups is 2. The lowest BCUT2D eigenvalue weighted by atomic mass is 10.1. The Morgan fingerprint density at radius 1 is 1.19 bits per heavy atom. The first-order chi connectivity index (χ1) is 10.1. The van der Waals surface area contributed by atoms with Crippen LogP contribution in [0, 0.1) is 0 Å². The fraction of sp³-hybridized carbons (Fsp3) is 0.857. The minimum Gasteiger partial charge on any atom is -0.481 e. The van der Waals surface area contributed by atoms with Gasteiger partial charge < -0.3 is 20.1 Å². The van der Waals surface area contributed by atoms with Crippen molar-refractivity contribution in [2.75, 3.05) is 46.4 Å². The number of carbonyl (C=O) groups excluding carboxylic acids is 1. The first kappa shape index (κ1) is 16.2. The zero-order chi connectivity index (χ0) is 15.2. The van der Waals surface area contributed by atoms with Gasteiger partial charge in [0.2, 0.25) is 5.91 Å². The van der Waals surface area contributed by atoms with Crippen molar-refractivity contribution in [3.63, 3.8) is 0 Å². The molecule has 2 atom stereocenters. The van der Waals surface area contributed by atoms with E-state index in [-0.39, 0.29) is 30.8 Å². The highest BCUT2D eigenvalue weighted by Gasteiger charge is 2.35. The van der Waals surface area contributed by atoms with Gasteiger partial charge in [-0.05, 0) is 13.5 Å². The maximum Gasteiger partial charge on any atom is 0.303 e. The van der Waals surface area contributed by atoms with E-state index in [4.69, 9.17) is 9.84 Å². The summed E-state index contributed by atoms with van der Waals surface area (Å²) in [6.45, 7) is 5.27. The smallest absolute Gasteiger partial charge is 0.303 e. The van der Waals surface area contributed by atoms with Gasteiger partial charge in [0, 0.05) is 39.0 Å². The largest absolute Gasteiger partial charge is 0.481 e. The van der Waals surface area contributed by atoms with Crippen LogP contribution in [0.2, 0.25) is 0 Å². The van der Waals surface area contributed by atoms with E-state index in [1.165, 1.54) is 0 Å². The molecule has 0 aromatic heterocycles. The van der Waals surface area contributed by atoms with E-state index in [1.54, 1.807) is 0 Å². The summed E-state index contributed by atoms with van der Waals surface area (Å²) in [6.07, 6.45) is 0.683. The number of likely N-dealkylation sites (N-methyl/N-ethyl adjacent to an activating group) is 1. The molecule has 7 nitrogen and oxygen atoms in total. The predicted octanol–water partition coefficient (Wildman–Crippen LogP) is -0.628. The Morgan fingerprint density at radius 3 is 2.57 bits per heavy atom. The molecule has 2 fully saturated rings. The molecule has 7 heteroatoms. The molecule has 0 aromatic carbocycles. The number of carboxylic acid groups (broad SMARTS) is 1. The maximum absolute atomic E-state index is 11.9. The number of nitrogens with one attached hydrogen (secondary N) is 1. The second kappa shape index (κ2) is 7.72. The van der Waals surface area contributed by atoms with Gasteiger partial charge in [-0.2, -0.15) is 0 Å². The van der Waals surface area contributed by atoms with Crippen molar-refractivity contribution in [3.05, 3.63) is 0 Å². The lowest BCUT2D eigenvalue weighted by Gasteiger charge is -2.38. The SMILES string of the molecule is CN1CCN([C@H]2COC[C@@H]2NC(=O)CCCC(=O)O)CC1. The molecule has 2 saturated heterocycles. The van der Waals surface area contributed by atoms with Crippen molar-refractivity contribution in [2.24, 2.45) is 0 Å². The quantitative estimate of drug-likeness (QED) is 0.680. The number of aliphatic carboxylic acids is 1. The number of nitrogens with zero attached hydrogens (tertiary/aromatic N) is 2. The van der Waals surface area contributed by atoms with E-state index in [9.17, 15) is 9.59 Å². The Bertz CT molecular complexity index is 369. The van der Waals surface area contributed by atoms with Crippen molar-refractivity contribution in [3.8, 4) is 0 Å². The van der Waals surface area contributed by atoms with Crippen LogP contribution in [-0.4, -0.2) is 85.3 Å². The number of amides is 1. The van der Waals surface area contributed by atoms with E-state index in [2.05, 4.69) is 22.2 Å². The topological polar surface area (TPSA) is 82.1 Å². The van der Waals surface area contributed by atoms with Crippen molar-refractivity contribution in [2.45, 2.75) is 31.3 Å². The summed E-state index contributed by atoms with van der Waals surface area (Å²) in [6, 6.07) is 0.257. The zero-order valence-corrected chi connectivity index (χ0v) is 12.6. The summed E-state index contributed by atoms with van der Waals surface area (Å²) in [7, 11) is 2.12. The number of hydrogen-bond donors (Lipinski definition) is 2. The highest BCUT2D eigenvalue weighted by Crippen LogP contribution is 2.15. The van der Waals surface area contributed by atoms with Gasteiger partial charge in [-0.25, -0.2) is 0 Å². The number of hydrogen-bond acceptors (Lipinski definition) is 5. The molecule has 2 heterocycles. The van der Waals surface area contributed by atoms with Gasteiger partial charge in [-0.1, -0.05) is 0 Å². The van der Waals surface area contributed by atoms with Crippen molar-refractivity contribution >= 4 is 11.9 Å². The lowest BCUT2D eigenvalue weighted by Crippen LogP contribution is -2.56. The summed E-state index contributed by atoms with van der Waals surface area (Å²) in [5.41, 5.74) is 0. The number of rotatable bonds is 6. The summed E-state index contributed by atoms with van der Waals surface area (Å²) < 4.78 is 5.53. The molecule has 0 bridgehead atoms. The average molecular weight is 299 g/mol. The Balaban J connectivity index is 1.76. The molecule has 2 rings (SSSR count). The number of ether oxygens (including phenoxy) is 1. The fourth-order valence-corrected chi connectivity index (χ4v) is 2.87. The highest BCUT2D eigenvalue weighted by molar-refractivity contribution is 5.77. The zero-order valence-electron chi connectivity index (χ0n) is 12.6. The minimum absolute atomic E-state index is 0.0192. The van der Waals surface area contributed by atoms with Crippen molar-refractivity contribution < 1.29 is 19.4 Å². The van der Waals surface area contributed by atoms with E-state index >= 15 is 0 Å². The Hall–Kier alpha value is -1.18. The van der Waals surface area contributed by atoms with Crippen LogP contribution < -0.4 is 5.32 Å². The van der Waals surface area contributed by atoms with Crippen LogP contribution in [0.3, 0.4) is 0 Å². The lowest BCUT2D eigenvalue weighted by molar-refractivity contribution is -0.137. The molecular formula is C14H25N3O4. The van der Waals surface area contributed by atoms with E-state index < -0.39 is 5.97 Å². The second-order valence-electron chi connectivity index (χ2n) is 5.87. The normalized spacial score (nSPS) is 27.7. The van der Waals surface area contributed by atoms with Gasteiger partial charge >= 0.3 is 5.97 Å². The van der Waals surface area contributed by atoms with Gasteiger partial charge in [0.05, 0.1) is 25.3 Å². The molecule has 0 saturated carbocycles. The Labute approximate surface area is 125 Å². The van der Waals surface area contributed by atoms with Crippen LogP contribution >= 0.6 is 0 Å². The van der Waals surface area contributed by atoms with Gasteiger partial charge in [-0.15, -0.1) is 0 Å². The summed E-state index contributed by atoms with van der Waals surface area (Å²) in [4.78, 5) is 27.0. The van der Waals surface area contributed by atoms with Crippen LogP contribution in [0.25, 0.3) is 0 Å². The van der Waals surface area contributed by atoms with Crippen LogP contribution in [0.4, 0.5) is 0 Å². The predicted molar refractivity (Wildman–Crippen MR) is 77.1 cm³/mol. The monoisotopic (exact) mass is 299 g/mol. The van der Waals surface area contributed by atoms with Gasteiger partial charge in [0.25, 0.3) is 0 Å². The third kappa shape index (κ3) is 4.94. The molecule has 21 heavy (non-hydrogen) atoms. The van der Waals surface area contributed by atoms with Crippen LogP contribution in [0.1, 0.15) is 19.3 Å². The number of piperazine rings is 1. The molecule has 1 amide bonds. The molecule has 0 aliphatic carbocycles. The van der Waals surface area contributed by atoms with Gasteiger partial charge in [-0.3, -0.25) is 14.5 Å². The van der Waals surface area contributed by atoms with Crippen LogP contribution in [-0.2, 0) is 14.3 Å².